The molecule has 0 aromatic rings. The van der Waals surface area contributed by atoms with Crippen LogP contribution in [0.2, 0.25) is 0 Å². The standard InChI is InChI=1S/C11H24O2/c1-4-6-10(2)9-13-8-5-7-11(3)12/h10-12H,4-9H2,1-3H3. The summed E-state index contributed by atoms with van der Waals surface area (Å²) in [7, 11) is 0. The van der Waals surface area contributed by atoms with Gasteiger partial charge in [-0.05, 0) is 32.1 Å². The SMILES string of the molecule is CCCC(C)COCCCC(C)O. The fourth-order valence-electron chi connectivity index (χ4n) is 1.34. The lowest BCUT2D eigenvalue weighted by Crippen LogP contribution is -2.08. The van der Waals surface area contributed by atoms with Gasteiger partial charge in [-0.1, -0.05) is 20.3 Å². The molecule has 2 unspecified atom stereocenters. The molecule has 2 heteroatoms. The molecule has 2 nitrogen and oxygen atoms in total. The predicted octanol–water partition coefficient (Wildman–Crippen LogP) is 2.60. The highest BCUT2D eigenvalue weighted by molar-refractivity contribution is 4.50. The second kappa shape index (κ2) is 8.52. The largest absolute Gasteiger partial charge is 0.393 e. The lowest BCUT2D eigenvalue weighted by molar-refractivity contribution is 0.0875. The normalized spacial score (nSPS) is 15.7. The van der Waals surface area contributed by atoms with Crippen molar-refractivity contribution in [1.29, 1.82) is 0 Å². The Kier molecular flexibility index (Phi) is 8.46. The van der Waals surface area contributed by atoms with Crippen molar-refractivity contribution in [1.82, 2.24) is 0 Å². The van der Waals surface area contributed by atoms with Gasteiger partial charge in [-0.25, -0.2) is 0 Å². The third-order valence-corrected chi connectivity index (χ3v) is 2.09. The van der Waals surface area contributed by atoms with Gasteiger partial charge in [0.05, 0.1) is 6.10 Å². The van der Waals surface area contributed by atoms with E-state index in [1.54, 1.807) is 0 Å². The summed E-state index contributed by atoms with van der Waals surface area (Å²) in [5, 5.41) is 8.99. The van der Waals surface area contributed by atoms with E-state index in [0.717, 1.165) is 26.1 Å². The molecule has 0 aliphatic rings. The first-order valence-corrected chi connectivity index (χ1v) is 5.42. The van der Waals surface area contributed by atoms with Gasteiger partial charge in [-0.15, -0.1) is 0 Å². The molecule has 0 heterocycles. The van der Waals surface area contributed by atoms with E-state index in [2.05, 4.69) is 13.8 Å². The molecule has 0 aromatic heterocycles. The summed E-state index contributed by atoms with van der Waals surface area (Å²) in [6, 6.07) is 0. The third-order valence-electron chi connectivity index (χ3n) is 2.09. The van der Waals surface area contributed by atoms with Gasteiger partial charge < -0.3 is 9.84 Å². The molecule has 0 saturated carbocycles. The maximum atomic E-state index is 8.99. The molecule has 0 fully saturated rings. The summed E-state index contributed by atoms with van der Waals surface area (Å²) >= 11 is 0. The molecule has 0 aromatic carbocycles. The smallest absolute Gasteiger partial charge is 0.0513 e. The molecule has 0 bridgehead atoms. The van der Waals surface area contributed by atoms with Crippen LogP contribution in [-0.4, -0.2) is 24.4 Å². The summed E-state index contributed by atoms with van der Waals surface area (Å²) in [5.41, 5.74) is 0. The first-order chi connectivity index (χ1) is 6.16. The molecule has 0 rings (SSSR count). The van der Waals surface area contributed by atoms with Crippen molar-refractivity contribution in [3.63, 3.8) is 0 Å². The van der Waals surface area contributed by atoms with Crippen LogP contribution >= 0.6 is 0 Å². The summed E-state index contributed by atoms with van der Waals surface area (Å²) < 4.78 is 5.49. The number of rotatable bonds is 8. The second-order valence-corrected chi connectivity index (χ2v) is 3.96. The highest BCUT2D eigenvalue weighted by atomic mass is 16.5. The zero-order valence-electron chi connectivity index (χ0n) is 9.25. The second-order valence-electron chi connectivity index (χ2n) is 3.96. The first-order valence-electron chi connectivity index (χ1n) is 5.42. The topological polar surface area (TPSA) is 29.5 Å². The van der Waals surface area contributed by atoms with Crippen LogP contribution in [0.3, 0.4) is 0 Å². The van der Waals surface area contributed by atoms with Crippen molar-refractivity contribution in [3.8, 4) is 0 Å². The van der Waals surface area contributed by atoms with E-state index in [9.17, 15) is 0 Å². The van der Waals surface area contributed by atoms with Crippen LogP contribution in [-0.2, 0) is 4.74 Å². The minimum absolute atomic E-state index is 0.184. The van der Waals surface area contributed by atoms with Gasteiger partial charge in [0, 0.05) is 13.2 Å². The van der Waals surface area contributed by atoms with Crippen molar-refractivity contribution < 1.29 is 9.84 Å². The number of aliphatic hydroxyl groups is 1. The van der Waals surface area contributed by atoms with Crippen LogP contribution in [0.15, 0.2) is 0 Å². The average Bonchev–Trinajstić information content (AvgIpc) is 2.03. The minimum Gasteiger partial charge on any atom is -0.393 e. The van der Waals surface area contributed by atoms with Gasteiger partial charge in [0.1, 0.15) is 0 Å². The van der Waals surface area contributed by atoms with E-state index in [1.165, 1.54) is 12.8 Å². The molecule has 2 atom stereocenters. The summed E-state index contributed by atoms with van der Waals surface area (Å²) in [6.45, 7) is 7.90. The Morgan fingerprint density at radius 3 is 2.46 bits per heavy atom. The van der Waals surface area contributed by atoms with E-state index in [-0.39, 0.29) is 6.10 Å². The van der Waals surface area contributed by atoms with Gasteiger partial charge in [-0.2, -0.15) is 0 Å². The van der Waals surface area contributed by atoms with E-state index in [4.69, 9.17) is 9.84 Å². The van der Waals surface area contributed by atoms with Crippen LogP contribution < -0.4 is 0 Å². The fraction of sp³-hybridized carbons (Fsp3) is 1.00. The van der Waals surface area contributed by atoms with Crippen molar-refractivity contribution >= 4 is 0 Å². The Balaban J connectivity index is 3.06. The Labute approximate surface area is 82.3 Å². The molecule has 13 heavy (non-hydrogen) atoms. The molecule has 0 aliphatic carbocycles. The van der Waals surface area contributed by atoms with Crippen molar-refractivity contribution in [2.45, 2.75) is 52.6 Å². The van der Waals surface area contributed by atoms with Gasteiger partial charge >= 0.3 is 0 Å². The van der Waals surface area contributed by atoms with Gasteiger partial charge in [-0.3, -0.25) is 0 Å². The Bertz CT molecular complexity index is 102. The zero-order chi connectivity index (χ0) is 10.1. The average molecular weight is 188 g/mol. The quantitative estimate of drug-likeness (QED) is 0.593. The maximum Gasteiger partial charge on any atom is 0.0513 e. The molecule has 0 radical (unpaired) electrons. The predicted molar refractivity (Wildman–Crippen MR) is 55.8 cm³/mol. The van der Waals surface area contributed by atoms with Gasteiger partial charge in [0.25, 0.3) is 0 Å². The van der Waals surface area contributed by atoms with E-state index >= 15 is 0 Å². The third kappa shape index (κ3) is 9.84. The lowest BCUT2D eigenvalue weighted by Gasteiger charge is -2.10. The number of ether oxygens (including phenoxy) is 1. The van der Waals surface area contributed by atoms with Crippen LogP contribution in [0.5, 0.6) is 0 Å². The Morgan fingerprint density at radius 2 is 1.92 bits per heavy atom. The summed E-state index contributed by atoms with van der Waals surface area (Å²) in [6.07, 6.45) is 4.12. The molecule has 0 saturated heterocycles. The molecule has 0 spiro atoms. The highest BCUT2D eigenvalue weighted by Gasteiger charge is 2.00. The van der Waals surface area contributed by atoms with Crippen LogP contribution in [0.4, 0.5) is 0 Å². The van der Waals surface area contributed by atoms with E-state index in [1.807, 2.05) is 6.92 Å². The molecule has 0 amide bonds. The monoisotopic (exact) mass is 188 g/mol. The molecular weight excluding hydrogens is 164 g/mol. The van der Waals surface area contributed by atoms with Crippen LogP contribution in [0, 0.1) is 5.92 Å². The van der Waals surface area contributed by atoms with E-state index < -0.39 is 0 Å². The van der Waals surface area contributed by atoms with Gasteiger partial charge in [0.15, 0.2) is 0 Å². The maximum absolute atomic E-state index is 8.99. The van der Waals surface area contributed by atoms with E-state index in [0.29, 0.717) is 5.92 Å². The Hall–Kier alpha value is -0.0800. The zero-order valence-corrected chi connectivity index (χ0v) is 9.25. The van der Waals surface area contributed by atoms with Crippen molar-refractivity contribution in [2.24, 2.45) is 5.92 Å². The fourth-order valence-corrected chi connectivity index (χ4v) is 1.34. The van der Waals surface area contributed by atoms with Gasteiger partial charge in [0.2, 0.25) is 0 Å². The minimum atomic E-state index is -0.184. The summed E-state index contributed by atoms with van der Waals surface area (Å²) in [4.78, 5) is 0. The van der Waals surface area contributed by atoms with Crippen molar-refractivity contribution in [2.75, 3.05) is 13.2 Å². The lowest BCUT2D eigenvalue weighted by atomic mass is 10.1. The van der Waals surface area contributed by atoms with Crippen LogP contribution in [0.25, 0.3) is 0 Å². The molecule has 1 N–H and O–H groups in total. The molecular formula is C11H24O2. The number of aliphatic hydroxyl groups excluding tert-OH is 1. The van der Waals surface area contributed by atoms with Crippen molar-refractivity contribution in [3.05, 3.63) is 0 Å². The molecule has 80 valence electrons. The van der Waals surface area contributed by atoms with Crippen LogP contribution in [0.1, 0.15) is 46.5 Å². The first kappa shape index (κ1) is 12.9. The Morgan fingerprint density at radius 1 is 1.23 bits per heavy atom. The summed E-state index contributed by atoms with van der Waals surface area (Å²) in [5.74, 6) is 0.677. The molecule has 0 aliphatic heterocycles. The number of hydrogen-bond acceptors (Lipinski definition) is 2. The number of hydrogen-bond donors (Lipinski definition) is 1. The highest BCUT2D eigenvalue weighted by Crippen LogP contribution is 2.05.